The maximum Gasteiger partial charge on any atom is 0.390 e. The van der Waals surface area contributed by atoms with Crippen molar-refractivity contribution in [3.63, 3.8) is 0 Å². The van der Waals surface area contributed by atoms with Crippen LogP contribution in [0.25, 0.3) is 0 Å². The Bertz CT molecular complexity index is 467. The van der Waals surface area contributed by atoms with Crippen molar-refractivity contribution >= 4 is 10.0 Å². The maximum atomic E-state index is 11.8. The van der Waals surface area contributed by atoms with Gasteiger partial charge in [0.25, 0.3) is 10.0 Å². The highest BCUT2D eigenvalue weighted by atomic mass is 32.2. The van der Waals surface area contributed by atoms with Crippen molar-refractivity contribution in [3.05, 3.63) is 12.0 Å². The normalized spacial score (nSPS) is 12.9. The fourth-order valence-corrected chi connectivity index (χ4v) is 2.03. The van der Waals surface area contributed by atoms with Gasteiger partial charge in [0.05, 0.1) is 12.6 Å². The van der Waals surface area contributed by atoms with Gasteiger partial charge in [-0.05, 0) is 0 Å². The summed E-state index contributed by atoms with van der Waals surface area (Å²) in [6, 6.07) is 0. The maximum absolute atomic E-state index is 11.8. The fraction of sp³-hybridized carbons (Fsp3) is 0.625. The number of imidazole rings is 1. The zero-order valence-electron chi connectivity index (χ0n) is 9.00. The van der Waals surface area contributed by atoms with Crippen molar-refractivity contribution < 1.29 is 21.6 Å². The molecular formula is C8H12F3N3O2S. The Morgan fingerprint density at radius 2 is 2.12 bits per heavy atom. The van der Waals surface area contributed by atoms with E-state index in [9.17, 15) is 21.6 Å². The van der Waals surface area contributed by atoms with Gasteiger partial charge in [0, 0.05) is 13.0 Å². The number of H-pyrrole nitrogens is 1. The van der Waals surface area contributed by atoms with Crippen LogP contribution in [0.15, 0.2) is 11.2 Å². The largest absolute Gasteiger partial charge is 0.390 e. The van der Waals surface area contributed by atoms with Crippen LogP contribution >= 0.6 is 0 Å². The number of nitrogens with zero attached hydrogens (tertiary/aromatic N) is 1. The summed E-state index contributed by atoms with van der Waals surface area (Å²) in [4.78, 5) is 6.27. The van der Waals surface area contributed by atoms with Crippen LogP contribution in [0.3, 0.4) is 0 Å². The third-order valence-electron chi connectivity index (χ3n) is 1.93. The van der Waals surface area contributed by atoms with E-state index in [1.807, 2.05) is 4.72 Å². The Morgan fingerprint density at radius 1 is 1.47 bits per heavy atom. The van der Waals surface area contributed by atoms with Crippen LogP contribution in [0, 0.1) is 0 Å². The number of nitrogens with one attached hydrogen (secondary N) is 2. The summed E-state index contributed by atoms with van der Waals surface area (Å²) in [6.07, 6.45) is -4.00. The lowest BCUT2D eigenvalue weighted by Gasteiger charge is -2.07. The van der Waals surface area contributed by atoms with Crippen molar-refractivity contribution in [1.29, 1.82) is 0 Å². The molecule has 1 heterocycles. The van der Waals surface area contributed by atoms with Crippen molar-refractivity contribution in [2.75, 3.05) is 6.54 Å². The number of rotatable bonds is 5. The second-order valence-electron chi connectivity index (χ2n) is 3.31. The number of aryl methyl sites for hydroxylation is 1. The van der Waals surface area contributed by atoms with Gasteiger partial charge in [-0.1, -0.05) is 6.92 Å². The first kappa shape index (κ1) is 14.0. The number of hydrogen-bond acceptors (Lipinski definition) is 3. The van der Waals surface area contributed by atoms with E-state index >= 15 is 0 Å². The molecule has 0 radical (unpaired) electrons. The number of hydrogen-bond donors (Lipinski definition) is 2. The van der Waals surface area contributed by atoms with E-state index in [4.69, 9.17) is 0 Å². The number of aromatic amines is 1. The molecule has 17 heavy (non-hydrogen) atoms. The molecule has 0 aliphatic heterocycles. The molecule has 0 bridgehead atoms. The van der Waals surface area contributed by atoms with E-state index < -0.39 is 29.2 Å². The molecule has 0 atom stereocenters. The van der Waals surface area contributed by atoms with Crippen molar-refractivity contribution in [1.82, 2.24) is 14.7 Å². The van der Waals surface area contributed by atoms with Crippen LogP contribution in [0.5, 0.6) is 0 Å². The lowest BCUT2D eigenvalue weighted by Crippen LogP contribution is -2.28. The van der Waals surface area contributed by atoms with Crippen LogP contribution < -0.4 is 4.72 Å². The smallest absolute Gasteiger partial charge is 0.332 e. The minimum absolute atomic E-state index is 0.225. The monoisotopic (exact) mass is 271 g/mol. The number of aromatic nitrogens is 2. The third kappa shape index (κ3) is 4.35. The molecule has 1 rings (SSSR count). The number of halogens is 3. The first-order valence-corrected chi connectivity index (χ1v) is 6.33. The molecule has 9 heteroatoms. The summed E-state index contributed by atoms with van der Waals surface area (Å²) >= 11 is 0. The van der Waals surface area contributed by atoms with Gasteiger partial charge in [-0.3, -0.25) is 0 Å². The van der Waals surface area contributed by atoms with Gasteiger partial charge in [0.15, 0.2) is 5.03 Å². The first-order chi connectivity index (χ1) is 7.74. The average Bonchev–Trinajstić information content (AvgIpc) is 2.63. The van der Waals surface area contributed by atoms with Gasteiger partial charge in [-0.15, -0.1) is 0 Å². The molecule has 1 aromatic heterocycles. The molecule has 0 amide bonds. The van der Waals surface area contributed by atoms with Crippen LogP contribution in [0.1, 0.15) is 19.2 Å². The highest BCUT2D eigenvalue weighted by Gasteiger charge is 2.27. The quantitative estimate of drug-likeness (QED) is 0.845. The molecule has 0 spiro atoms. The fourth-order valence-electron chi connectivity index (χ4n) is 1.06. The van der Waals surface area contributed by atoms with Gasteiger partial charge in [-0.25, -0.2) is 18.1 Å². The summed E-state index contributed by atoms with van der Waals surface area (Å²) < 4.78 is 60.4. The standard InChI is InChI=1S/C8H12F3N3O2S/c1-2-6-12-5-7(14-6)17(15,16)13-4-3-8(9,10)11/h5,13H,2-4H2,1H3,(H,12,14). The van der Waals surface area contributed by atoms with E-state index in [0.717, 1.165) is 6.20 Å². The second kappa shape index (κ2) is 5.05. The summed E-state index contributed by atoms with van der Waals surface area (Å²) in [5, 5.41) is -0.225. The van der Waals surface area contributed by atoms with E-state index in [2.05, 4.69) is 9.97 Å². The lowest BCUT2D eigenvalue weighted by molar-refractivity contribution is -0.132. The molecule has 2 N–H and O–H groups in total. The zero-order valence-corrected chi connectivity index (χ0v) is 9.82. The molecule has 0 aromatic carbocycles. The van der Waals surface area contributed by atoms with Crippen LogP contribution in [0.4, 0.5) is 13.2 Å². The third-order valence-corrected chi connectivity index (χ3v) is 3.30. The van der Waals surface area contributed by atoms with Crippen LogP contribution in [-0.4, -0.2) is 31.1 Å². The summed E-state index contributed by atoms with van der Waals surface area (Å²) in [5.41, 5.74) is 0. The van der Waals surface area contributed by atoms with Gasteiger partial charge >= 0.3 is 6.18 Å². The van der Waals surface area contributed by atoms with Crippen molar-refractivity contribution in [2.24, 2.45) is 0 Å². The molecule has 5 nitrogen and oxygen atoms in total. The first-order valence-electron chi connectivity index (χ1n) is 4.85. The Labute approximate surface area is 96.5 Å². The Kier molecular flexibility index (Phi) is 4.15. The molecule has 0 aliphatic rings. The van der Waals surface area contributed by atoms with E-state index in [1.54, 1.807) is 6.92 Å². The van der Waals surface area contributed by atoms with Crippen molar-refractivity contribution in [2.45, 2.75) is 31.0 Å². The van der Waals surface area contributed by atoms with E-state index in [-0.39, 0.29) is 5.03 Å². The number of alkyl halides is 3. The molecule has 0 saturated heterocycles. The van der Waals surface area contributed by atoms with E-state index in [0.29, 0.717) is 12.2 Å². The molecule has 0 fully saturated rings. The average molecular weight is 271 g/mol. The topological polar surface area (TPSA) is 74.8 Å². The summed E-state index contributed by atoms with van der Waals surface area (Å²) in [7, 11) is -3.94. The molecule has 0 aliphatic carbocycles. The minimum Gasteiger partial charge on any atom is -0.332 e. The number of sulfonamides is 1. The summed E-state index contributed by atoms with van der Waals surface area (Å²) in [6.45, 7) is 1.08. The molecular weight excluding hydrogens is 259 g/mol. The van der Waals surface area contributed by atoms with Gasteiger partial charge in [0.2, 0.25) is 0 Å². The Hall–Kier alpha value is -1.09. The summed E-state index contributed by atoms with van der Waals surface area (Å²) in [5.74, 6) is 0.459. The predicted molar refractivity (Wildman–Crippen MR) is 53.8 cm³/mol. The molecule has 1 aromatic rings. The van der Waals surface area contributed by atoms with E-state index in [1.165, 1.54) is 0 Å². The Morgan fingerprint density at radius 3 is 2.59 bits per heavy atom. The second-order valence-corrected chi connectivity index (χ2v) is 5.05. The SMILES string of the molecule is CCc1ncc(S(=O)(=O)NCCC(F)(F)F)[nH]1. The van der Waals surface area contributed by atoms with Crippen LogP contribution in [-0.2, 0) is 16.4 Å². The van der Waals surface area contributed by atoms with Crippen molar-refractivity contribution in [3.8, 4) is 0 Å². The molecule has 0 saturated carbocycles. The predicted octanol–water partition coefficient (Wildman–Crippen LogP) is 1.20. The highest BCUT2D eigenvalue weighted by molar-refractivity contribution is 7.89. The Balaban J connectivity index is 2.63. The van der Waals surface area contributed by atoms with Gasteiger partial charge in [0.1, 0.15) is 5.82 Å². The zero-order chi connectivity index (χ0) is 13.1. The lowest BCUT2D eigenvalue weighted by atomic mass is 10.4. The van der Waals surface area contributed by atoms with Gasteiger partial charge < -0.3 is 4.98 Å². The van der Waals surface area contributed by atoms with Crippen LogP contribution in [0.2, 0.25) is 0 Å². The molecule has 0 unspecified atom stereocenters. The van der Waals surface area contributed by atoms with Gasteiger partial charge in [-0.2, -0.15) is 13.2 Å². The highest BCUT2D eigenvalue weighted by Crippen LogP contribution is 2.18. The minimum atomic E-state index is -4.38. The molecule has 98 valence electrons.